The number of anilines is 3. The number of nitrogens with one attached hydrogen (secondary N) is 1. The smallest absolute Gasteiger partial charge is 0.229 e. The zero-order chi connectivity index (χ0) is 24.1. The van der Waals surface area contributed by atoms with E-state index in [0.717, 1.165) is 73.7 Å². The van der Waals surface area contributed by atoms with Gasteiger partial charge in [0, 0.05) is 73.6 Å². The minimum Gasteiger partial charge on any atom is -0.372 e. The summed E-state index contributed by atoms with van der Waals surface area (Å²) in [4.78, 5) is 18.7. The van der Waals surface area contributed by atoms with Gasteiger partial charge in [-0.3, -0.25) is 4.99 Å². The molecule has 1 fully saturated rings. The van der Waals surface area contributed by atoms with Crippen molar-refractivity contribution in [2.75, 3.05) is 42.9 Å². The molecule has 2 aromatic heterocycles. The van der Waals surface area contributed by atoms with Gasteiger partial charge in [-0.1, -0.05) is 20.4 Å². The van der Waals surface area contributed by atoms with Gasteiger partial charge in [0.1, 0.15) is 5.65 Å². The molecule has 0 amide bonds. The zero-order valence-electron chi connectivity index (χ0n) is 21.0. The molecule has 1 N–H and O–H groups in total. The third-order valence-corrected chi connectivity index (χ3v) is 6.63. The first-order valence-electron chi connectivity index (χ1n) is 12.4. The highest BCUT2D eigenvalue weighted by Gasteiger charge is 2.18. The zero-order valence-corrected chi connectivity index (χ0v) is 21.0. The Balaban J connectivity index is 1.53. The molecule has 3 aromatic rings. The lowest BCUT2D eigenvalue weighted by molar-refractivity contribution is 0.323. The van der Waals surface area contributed by atoms with E-state index < -0.39 is 0 Å². The van der Waals surface area contributed by atoms with Crippen LogP contribution in [0.25, 0.3) is 11.0 Å². The Hall–Kier alpha value is -3.35. The SMILES string of the molecule is C=C(C)N1CCN(c2ccc(Nc3ncc4cc(C=NCC)n(C(CC)CC)c4n3)cc2)CC1. The molecule has 0 radical (unpaired) electrons. The van der Waals surface area contributed by atoms with E-state index >= 15 is 0 Å². The average Bonchev–Trinajstić information content (AvgIpc) is 3.21. The molecule has 34 heavy (non-hydrogen) atoms. The van der Waals surface area contributed by atoms with E-state index in [-0.39, 0.29) is 0 Å². The topological polar surface area (TPSA) is 61.6 Å². The molecule has 4 rings (SSSR count). The predicted octanol–water partition coefficient (Wildman–Crippen LogP) is 5.63. The van der Waals surface area contributed by atoms with Crippen LogP contribution in [0.3, 0.4) is 0 Å². The van der Waals surface area contributed by atoms with Crippen LogP contribution < -0.4 is 10.2 Å². The van der Waals surface area contributed by atoms with Crippen LogP contribution in [0.2, 0.25) is 0 Å². The van der Waals surface area contributed by atoms with E-state index in [9.17, 15) is 0 Å². The minimum absolute atomic E-state index is 0.378. The summed E-state index contributed by atoms with van der Waals surface area (Å²) in [5.41, 5.74) is 5.42. The van der Waals surface area contributed by atoms with Crippen LogP contribution in [-0.2, 0) is 0 Å². The second-order valence-corrected chi connectivity index (χ2v) is 8.89. The summed E-state index contributed by atoms with van der Waals surface area (Å²) in [5.74, 6) is 0.611. The van der Waals surface area contributed by atoms with Crippen LogP contribution in [0.1, 0.15) is 52.3 Å². The fraction of sp³-hybridized carbons (Fsp3) is 0.444. The van der Waals surface area contributed by atoms with Gasteiger partial charge in [-0.15, -0.1) is 0 Å². The van der Waals surface area contributed by atoms with Crippen molar-refractivity contribution in [3.05, 3.63) is 54.5 Å². The van der Waals surface area contributed by atoms with Crippen LogP contribution in [0, 0.1) is 0 Å². The predicted molar refractivity (Wildman–Crippen MR) is 144 cm³/mol. The van der Waals surface area contributed by atoms with E-state index in [2.05, 4.69) is 94.3 Å². The van der Waals surface area contributed by atoms with Crippen molar-refractivity contribution in [3.8, 4) is 0 Å². The van der Waals surface area contributed by atoms with Gasteiger partial charge in [0.15, 0.2) is 0 Å². The Kier molecular flexibility index (Phi) is 7.50. The molecule has 1 aliphatic heterocycles. The van der Waals surface area contributed by atoms with Crippen molar-refractivity contribution in [1.29, 1.82) is 0 Å². The number of allylic oxidation sites excluding steroid dienone is 1. The Morgan fingerprint density at radius 1 is 1.12 bits per heavy atom. The molecule has 7 heteroatoms. The minimum atomic E-state index is 0.378. The standard InChI is InChI=1S/C27H37N7/c1-6-23(7-2)34-25(19-28-8-3)17-21-18-29-27(31-26(21)34)30-22-9-11-24(12-10-22)33-15-13-32(14-16-33)20(4)5/h9-12,17-19,23H,4,6-8,13-16H2,1-3,5H3,(H,29,30,31). The van der Waals surface area contributed by atoms with Gasteiger partial charge in [0.25, 0.3) is 0 Å². The van der Waals surface area contributed by atoms with Crippen LogP contribution >= 0.6 is 0 Å². The van der Waals surface area contributed by atoms with Crippen molar-refractivity contribution >= 4 is 34.6 Å². The fourth-order valence-electron chi connectivity index (χ4n) is 4.64. The molecule has 7 nitrogen and oxygen atoms in total. The lowest BCUT2D eigenvalue weighted by Gasteiger charge is -2.37. The molecule has 0 bridgehead atoms. The number of benzene rings is 1. The van der Waals surface area contributed by atoms with Gasteiger partial charge in [0.05, 0.1) is 5.69 Å². The highest BCUT2D eigenvalue weighted by molar-refractivity contribution is 5.89. The Morgan fingerprint density at radius 2 is 1.82 bits per heavy atom. The molecule has 3 heterocycles. The monoisotopic (exact) mass is 459 g/mol. The summed E-state index contributed by atoms with van der Waals surface area (Å²) in [6, 6.07) is 11.1. The molecular weight excluding hydrogens is 422 g/mol. The van der Waals surface area contributed by atoms with E-state index in [1.807, 2.05) is 12.4 Å². The summed E-state index contributed by atoms with van der Waals surface area (Å²) in [6.45, 7) is 17.5. The van der Waals surface area contributed by atoms with Gasteiger partial charge in [0.2, 0.25) is 5.95 Å². The number of fused-ring (bicyclic) bond motifs is 1. The number of hydrogen-bond donors (Lipinski definition) is 1. The molecule has 0 spiro atoms. The van der Waals surface area contributed by atoms with E-state index in [4.69, 9.17) is 4.98 Å². The highest BCUT2D eigenvalue weighted by atomic mass is 15.3. The van der Waals surface area contributed by atoms with Crippen molar-refractivity contribution < 1.29 is 0 Å². The van der Waals surface area contributed by atoms with E-state index in [0.29, 0.717) is 12.0 Å². The Morgan fingerprint density at radius 3 is 2.44 bits per heavy atom. The first kappa shape index (κ1) is 23.8. The molecule has 1 aromatic carbocycles. The van der Waals surface area contributed by atoms with Crippen LogP contribution in [0.15, 0.2) is 53.8 Å². The number of aromatic nitrogens is 3. The van der Waals surface area contributed by atoms with Crippen LogP contribution in [0.4, 0.5) is 17.3 Å². The number of nitrogens with zero attached hydrogens (tertiary/aromatic N) is 6. The molecule has 0 saturated carbocycles. The molecule has 0 aliphatic carbocycles. The third-order valence-electron chi connectivity index (χ3n) is 6.63. The van der Waals surface area contributed by atoms with Crippen LogP contribution in [0.5, 0.6) is 0 Å². The number of rotatable bonds is 9. The molecule has 0 atom stereocenters. The maximum Gasteiger partial charge on any atom is 0.229 e. The second kappa shape index (κ2) is 10.7. The summed E-state index contributed by atoms with van der Waals surface area (Å²) >= 11 is 0. The largest absolute Gasteiger partial charge is 0.372 e. The quantitative estimate of drug-likeness (QED) is 0.420. The van der Waals surface area contributed by atoms with Crippen LogP contribution in [-0.4, -0.2) is 58.4 Å². The average molecular weight is 460 g/mol. The van der Waals surface area contributed by atoms with Gasteiger partial charge in [-0.2, -0.15) is 4.98 Å². The molecule has 180 valence electrons. The molecule has 0 unspecified atom stereocenters. The Labute approximate surface area is 203 Å². The molecular formula is C27H37N7. The lowest BCUT2D eigenvalue weighted by atomic mass is 10.1. The first-order valence-corrected chi connectivity index (χ1v) is 12.4. The van der Waals surface area contributed by atoms with E-state index in [1.54, 1.807) is 0 Å². The summed E-state index contributed by atoms with van der Waals surface area (Å²) in [5, 5.41) is 4.44. The lowest BCUT2D eigenvalue weighted by Crippen LogP contribution is -2.45. The van der Waals surface area contributed by atoms with Crippen molar-refractivity contribution in [3.63, 3.8) is 0 Å². The van der Waals surface area contributed by atoms with Crippen molar-refractivity contribution in [1.82, 2.24) is 19.4 Å². The fourth-order valence-corrected chi connectivity index (χ4v) is 4.64. The van der Waals surface area contributed by atoms with Crippen molar-refractivity contribution in [2.45, 2.75) is 46.6 Å². The normalized spacial score (nSPS) is 14.5. The van der Waals surface area contributed by atoms with Gasteiger partial charge < -0.3 is 19.7 Å². The summed E-state index contributed by atoms with van der Waals surface area (Å²) in [7, 11) is 0. The number of hydrogen-bond acceptors (Lipinski definition) is 6. The number of aliphatic imine (C=N–C) groups is 1. The molecule has 1 aliphatic rings. The van der Waals surface area contributed by atoms with Gasteiger partial charge in [-0.05, 0) is 57.0 Å². The highest BCUT2D eigenvalue weighted by Crippen LogP contribution is 2.27. The first-order chi connectivity index (χ1) is 16.5. The van der Waals surface area contributed by atoms with Gasteiger partial charge in [-0.25, -0.2) is 4.98 Å². The van der Waals surface area contributed by atoms with Crippen molar-refractivity contribution in [2.24, 2.45) is 4.99 Å². The van der Waals surface area contributed by atoms with Gasteiger partial charge >= 0.3 is 0 Å². The number of piperazine rings is 1. The Bertz CT molecular complexity index is 1130. The summed E-state index contributed by atoms with van der Waals surface area (Å²) < 4.78 is 2.31. The third kappa shape index (κ3) is 5.08. The summed E-state index contributed by atoms with van der Waals surface area (Å²) in [6.07, 6.45) is 5.95. The molecule has 1 saturated heterocycles. The van der Waals surface area contributed by atoms with E-state index in [1.165, 1.54) is 5.69 Å². The maximum absolute atomic E-state index is 4.91. The maximum atomic E-state index is 4.91. The second-order valence-electron chi connectivity index (χ2n) is 8.89.